The summed E-state index contributed by atoms with van der Waals surface area (Å²) >= 11 is 5.36. The Morgan fingerprint density at radius 2 is 1.78 bits per heavy atom. The van der Waals surface area contributed by atoms with Crippen molar-refractivity contribution in [2.45, 2.75) is 13.8 Å². The smallest absolute Gasteiger partial charge is 0.344 e. The van der Waals surface area contributed by atoms with Crippen LogP contribution in [0, 0.1) is 5.92 Å². The first-order chi connectivity index (χ1) is 17.3. The summed E-state index contributed by atoms with van der Waals surface area (Å²) in [7, 11) is 1.52. The molecule has 0 fully saturated rings. The lowest BCUT2D eigenvalue weighted by Gasteiger charge is -2.14. The fourth-order valence-corrected chi connectivity index (χ4v) is 3.73. The van der Waals surface area contributed by atoms with Crippen molar-refractivity contribution in [1.82, 2.24) is 5.32 Å². The molecule has 0 spiro atoms. The highest BCUT2D eigenvalue weighted by Crippen LogP contribution is 2.30. The molecule has 184 valence electrons. The Balaban J connectivity index is 1.50. The largest absolute Gasteiger partial charge is 0.495 e. The summed E-state index contributed by atoms with van der Waals surface area (Å²) in [6.07, 6.45) is 0. The Bertz CT molecular complexity index is 1460. The number of thiocarbonyl (C=S) groups is 1. The number of ether oxygens (including phenoxy) is 2. The molecule has 7 nitrogen and oxygen atoms in total. The molecule has 0 aliphatic heterocycles. The third kappa shape index (κ3) is 5.90. The van der Waals surface area contributed by atoms with Crippen LogP contribution in [0.1, 0.15) is 24.2 Å². The van der Waals surface area contributed by atoms with E-state index in [1.807, 2.05) is 18.2 Å². The molecule has 8 heteroatoms. The van der Waals surface area contributed by atoms with E-state index in [1.165, 1.54) is 7.11 Å². The van der Waals surface area contributed by atoms with Gasteiger partial charge in [-0.05, 0) is 72.2 Å². The van der Waals surface area contributed by atoms with E-state index in [0.29, 0.717) is 52.0 Å². The molecule has 4 rings (SSSR count). The van der Waals surface area contributed by atoms with Crippen molar-refractivity contribution in [3.63, 3.8) is 0 Å². The maximum Gasteiger partial charge on any atom is 0.344 e. The third-order valence-corrected chi connectivity index (χ3v) is 5.53. The summed E-state index contributed by atoms with van der Waals surface area (Å²) in [5, 5.41) is 6.55. The van der Waals surface area contributed by atoms with Crippen LogP contribution in [0.4, 0.5) is 5.69 Å². The molecule has 0 saturated heterocycles. The minimum absolute atomic E-state index is 0.0844. The molecule has 36 heavy (non-hydrogen) atoms. The molecule has 2 N–H and O–H groups in total. The summed E-state index contributed by atoms with van der Waals surface area (Å²) in [6.45, 7) is 4.73. The molecule has 0 saturated carbocycles. The summed E-state index contributed by atoms with van der Waals surface area (Å²) in [4.78, 5) is 25.3. The number of carbonyl (C=O) groups is 1. The van der Waals surface area contributed by atoms with Crippen LogP contribution in [0.5, 0.6) is 11.5 Å². The first kappa shape index (κ1) is 24.9. The number of hydrogen-bond acceptors (Lipinski definition) is 6. The van der Waals surface area contributed by atoms with Crippen molar-refractivity contribution in [2.24, 2.45) is 5.92 Å². The van der Waals surface area contributed by atoms with Crippen LogP contribution in [0.25, 0.3) is 22.1 Å². The van der Waals surface area contributed by atoms with Crippen LogP contribution in [0.2, 0.25) is 0 Å². The molecule has 1 heterocycles. The minimum atomic E-state index is -0.457. The van der Waals surface area contributed by atoms with Crippen molar-refractivity contribution in [3.05, 3.63) is 88.8 Å². The molecule has 0 atom stereocenters. The van der Waals surface area contributed by atoms with Crippen LogP contribution in [0.3, 0.4) is 0 Å². The predicted molar refractivity (Wildman–Crippen MR) is 145 cm³/mol. The van der Waals surface area contributed by atoms with Crippen LogP contribution < -0.4 is 25.7 Å². The Hall–Kier alpha value is -4.17. The molecule has 0 bridgehead atoms. The molecular formula is C28H26N2O5S. The quantitative estimate of drug-likeness (QED) is 0.250. The molecular weight excluding hydrogens is 476 g/mol. The number of rotatable bonds is 7. The summed E-state index contributed by atoms with van der Waals surface area (Å²) < 4.78 is 16.5. The minimum Gasteiger partial charge on any atom is -0.495 e. The van der Waals surface area contributed by atoms with Crippen molar-refractivity contribution < 1.29 is 18.7 Å². The van der Waals surface area contributed by atoms with E-state index in [4.69, 9.17) is 26.1 Å². The fraction of sp³-hybridized carbons (Fsp3) is 0.179. The van der Waals surface area contributed by atoms with Crippen molar-refractivity contribution in [3.8, 4) is 22.6 Å². The van der Waals surface area contributed by atoms with E-state index >= 15 is 0 Å². The lowest BCUT2D eigenvalue weighted by atomic mass is 10.0. The average molecular weight is 503 g/mol. The summed E-state index contributed by atoms with van der Waals surface area (Å²) in [5.41, 5.74) is 2.00. The van der Waals surface area contributed by atoms with Gasteiger partial charge in [-0.3, -0.25) is 10.1 Å². The second-order valence-electron chi connectivity index (χ2n) is 8.54. The van der Waals surface area contributed by atoms with Gasteiger partial charge in [0.2, 0.25) is 0 Å². The number of benzene rings is 3. The highest BCUT2D eigenvalue weighted by atomic mass is 32.1. The van der Waals surface area contributed by atoms with Gasteiger partial charge in [0.25, 0.3) is 5.91 Å². The molecule has 0 radical (unpaired) electrons. The van der Waals surface area contributed by atoms with Gasteiger partial charge >= 0.3 is 5.63 Å². The van der Waals surface area contributed by atoms with Crippen molar-refractivity contribution >= 4 is 39.9 Å². The molecule has 3 aromatic carbocycles. The Morgan fingerprint density at radius 3 is 2.50 bits per heavy atom. The number of fused-ring (bicyclic) bond motifs is 1. The van der Waals surface area contributed by atoms with Gasteiger partial charge in [0.05, 0.1) is 25.0 Å². The topological polar surface area (TPSA) is 89.8 Å². The van der Waals surface area contributed by atoms with E-state index in [0.717, 1.165) is 5.39 Å². The van der Waals surface area contributed by atoms with Crippen LogP contribution in [0.15, 0.2) is 82.0 Å². The molecule has 1 amide bonds. The van der Waals surface area contributed by atoms with Crippen molar-refractivity contribution in [2.75, 3.05) is 19.0 Å². The van der Waals surface area contributed by atoms with Gasteiger partial charge in [-0.15, -0.1) is 0 Å². The monoisotopic (exact) mass is 502 g/mol. The van der Waals surface area contributed by atoms with E-state index in [1.54, 1.807) is 54.6 Å². The number of carbonyl (C=O) groups excluding carboxylic acids is 1. The fourth-order valence-electron chi connectivity index (χ4n) is 3.53. The number of hydrogen-bond donors (Lipinski definition) is 2. The number of methoxy groups -OCH3 is 1. The number of nitrogens with one attached hydrogen (secondary N) is 2. The molecule has 1 aromatic heterocycles. The van der Waals surface area contributed by atoms with Gasteiger partial charge in [-0.25, -0.2) is 4.79 Å². The predicted octanol–water partition coefficient (Wildman–Crippen LogP) is 5.63. The maximum absolute atomic E-state index is 12.7. The number of anilines is 1. The summed E-state index contributed by atoms with van der Waals surface area (Å²) in [6, 6.07) is 21.1. The van der Waals surface area contributed by atoms with Crippen LogP contribution in [-0.4, -0.2) is 24.7 Å². The van der Waals surface area contributed by atoms with Gasteiger partial charge in [0.15, 0.2) is 5.11 Å². The van der Waals surface area contributed by atoms with Crippen LogP contribution >= 0.6 is 12.2 Å². The summed E-state index contributed by atoms with van der Waals surface area (Å²) in [5.74, 6) is 1.23. The normalized spacial score (nSPS) is 10.8. The molecule has 0 unspecified atom stereocenters. The standard InChI is InChI=1S/C28H26N2O5S/c1-17(2)16-34-21-11-8-18(9-12-21)26(31)30-28(36)29-23-15-19(10-13-25(23)33-3)22-14-20-6-4-5-7-24(20)35-27(22)32/h4-15,17H,16H2,1-3H3,(H2,29,30,31,36). The van der Waals surface area contributed by atoms with Crippen LogP contribution in [-0.2, 0) is 0 Å². The second kappa shape index (κ2) is 11.0. The Kier molecular flexibility index (Phi) is 7.65. The zero-order valence-corrected chi connectivity index (χ0v) is 21.0. The van der Waals surface area contributed by atoms with E-state index < -0.39 is 5.63 Å². The first-order valence-electron chi connectivity index (χ1n) is 11.4. The van der Waals surface area contributed by atoms with E-state index in [-0.39, 0.29) is 11.0 Å². The van der Waals surface area contributed by atoms with Gasteiger partial charge in [-0.2, -0.15) is 0 Å². The molecule has 4 aromatic rings. The van der Waals surface area contributed by atoms with Gasteiger partial charge in [-0.1, -0.05) is 38.1 Å². The van der Waals surface area contributed by atoms with Gasteiger partial charge in [0, 0.05) is 10.9 Å². The molecule has 0 aliphatic carbocycles. The lowest BCUT2D eigenvalue weighted by Crippen LogP contribution is -2.34. The van der Waals surface area contributed by atoms with Crippen molar-refractivity contribution in [1.29, 1.82) is 0 Å². The zero-order valence-electron chi connectivity index (χ0n) is 20.2. The van der Waals surface area contributed by atoms with E-state index in [2.05, 4.69) is 24.5 Å². The SMILES string of the molecule is COc1ccc(-c2cc3ccccc3oc2=O)cc1NC(=S)NC(=O)c1ccc(OCC(C)C)cc1. The zero-order chi connectivity index (χ0) is 25.7. The Morgan fingerprint density at radius 1 is 1.03 bits per heavy atom. The Labute approximate surface area is 214 Å². The van der Waals surface area contributed by atoms with Gasteiger partial charge < -0.3 is 19.2 Å². The highest BCUT2D eigenvalue weighted by molar-refractivity contribution is 7.80. The van der Waals surface area contributed by atoms with Gasteiger partial charge in [0.1, 0.15) is 17.1 Å². The maximum atomic E-state index is 12.7. The third-order valence-electron chi connectivity index (χ3n) is 5.33. The average Bonchev–Trinajstić information content (AvgIpc) is 2.87. The molecule has 0 aliphatic rings. The number of amides is 1. The van der Waals surface area contributed by atoms with E-state index in [9.17, 15) is 9.59 Å². The second-order valence-corrected chi connectivity index (χ2v) is 8.95. The number of para-hydroxylation sites is 1. The highest BCUT2D eigenvalue weighted by Gasteiger charge is 2.14. The lowest BCUT2D eigenvalue weighted by molar-refractivity contribution is 0.0977. The first-order valence-corrected chi connectivity index (χ1v) is 11.8.